The van der Waals surface area contributed by atoms with Crippen molar-refractivity contribution >= 4 is 23.4 Å². The highest BCUT2D eigenvalue weighted by Crippen LogP contribution is 2.14. The number of hydrogen-bond donors (Lipinski definition) is 3. The van der Waals surface area contributed by atoms with Crippen LogP contribution in [-0.2, 0) is 9.53 Å². The first-order chi connectivity index (χ1) is 10.2. The van der Waals surface area contributed by atoms with E-state index in [0.717, 1.165) is 0 Å². The minimum atomic E-state index is -0.321. The van der Waals surface area contributed by atoms with Gasteiger partial charge in [0.25, 0.3) is 5.91 Å². The van der Waals surface area contributed by atoms with Gasteiger partial charge >= 0.3 is 0 Å². The third kappa shape index (κ3) is 4.70. The van der Waals surface area contributed by atoms with Crippen LogP contribution in [0.1, 0.15) is 10.4 Å². The molecule has 0 saturated carbocycles. The van der Waals surface area contributed by atoms with Gasteiger partial charge in [-0.3, -0.25) is 9.59 Å². The second kappa shape index (κ2) is 7.97. The molecule has 7 heteroatoms. The van der Waals surface area contributed by atoms with E-state index in [2.05, 4.69) is 16.0 Å². The fraction of sp³-hybridized carbons (Fsp3) is 0.429. The van der Waals surface area contributed by atoms with Crippen LogP contribution in [0, 0.1) is 0 Å². The lowest BCUT2D eigenvalue weighted by atomic mass is 10.2. The topological polar surface area (TPSA) is 79.5 Å². The lowest BCUT2D eigenvalue weighted by molar-refractivity contribution is -0.125. The van der Waals surface area contributed by atoms with E-state index in [4.69, 9.17) is 16.3 Å². The van der Waals surface area contributed by atoms with Crippen LogP contribution >= 0.6 is 11.6 Å². The van der Waals surface area contributed by atoms with Crippen LogP contribution in [0.15, 0.2) is 24.3 Å². The number of carbonyl (C=O) groups is 2. The maximum absolute atomic E-state index is 11.9. The largest absolute Gasteiger partial charge is 0.378 e. The van der Waals surface area contributed by atoms with Crippen molar-refractivity contribution in [2.75, 3.05) is 32.8 Å². The lowest BCUT2D eigenvalue weighted by Gasteiger charge is -2.22. The van der Waals surface area contributed by atoms with Crippen molar-refractivity contribution in [3.8, 4) is 0 Å². The molecule has 1 fully saturated rings. The van der Waals surface area contributed by atoms with E-state index in [1.54, 1.807) is 24.3 Å². The van der Waals surface area contributed by atoms with Gasteiger partial charge in [0, 0.05) is 19.6 Å². The minimum Gasteiger partial charge on any atom is -0.378 e. The number of morpholine rings is 1. The molecule has 1 aromatic carbocycles. The lowest BCUT2D eigenvalue weighted by Crippen LogP contribution is -2.52. The predicted molar refractivity (Wildman–Crippen MR) is 79.4 cm³/mol. The Hall–Kier alpha value is -1.63. The molecule has 6 nitrogen and oxygen atoms in total. The van der Waals surface area contributed by atoms with Gasteiger partial charge < -0.3 is 20.7 Å². The van der Waals surface area contributed by atoms with Gasteiger partial charge in [-0.05, 0) is 12.1 Å². The van der Waals surface area contributed by atoms with Crippen molar-refractivity contribution in [3.63, 3.8) is 0 Å². The van der Waals surface area contributed by atoms with E-state index in [1.165, 1.54) is 0 Å². The molecule has 0 aliphatic carbocycles. The molecule has 0 bridgehead atoms. The van der Waals surface area contributed by atoms with Gasteiger partial charge in [-0.1, -0.05) is 23.7 Å². The Balaban J connectivity index is 1.68. The molecule has 2 rings (SSSR count). The monoisotopic (exact) mass is 311 g/mol. The minimum absolute atomic E-state index is 0.123. The number of benzene rings is 1. The summed E-state index contributed by atoms with van der Waals surface area (Å²) >= 11 is 5.93. The number of halogens is 1. The molecular formula is C14H18ClN3O3. The fourth-order valence-corrected chi connectivity index (χ4v) is 2.18. The molecule has 0 spiro atoms. The van der Waals surface area contributed by atoms with Crippen LogP contribution < -0.4 is 16.0 Å². The summed E-state index contributed by atoms with van der Waals surface area (Å²) in [6.07, 6.45) is 0. The smallest absolute Gasteiger partial charge is 0.252 e. The zero-order valence-corrected chi connectivity index (χ0v) is 12.3. The zero-order valence-electron chi connectivity index (χ0n) is 11.5. The van der Waals surface area contributed by atoms with Crippen LogP contribution in [0.3, 0.4) is 0 Å². The van der Waals surface area contributed by atoms with Crippen molar-refractivity contribution in [2.24, 2.45) is 0 Å². The van der Waals surface area contributed by atoms with Gasteiger partial charge in [0.15, 0.2) is 0 Å². The zero-order chi connectivity index (χ0) is 15.1. The molecule has 3 N–H and O–H groups in total. The number of ether oxygens (including phenoxy) is 1. The van der Waals surface area contributed by atoms with E-state index in [9.17, 15) is 9.59 Å². The van der Waals surface area contributed by atoms with E-state index < -0.39 is 0 Å². The quantitative estimate of drug-likeness (QED) is 0.678. The molecule has 0 radical (unpaired) electrons. The Morgan fingerprint density at radius 3 is 2.76 bits per heavy atom. The average molecular weight is 312 g/mol. The molecule has 2 amide bonds. The van der Waals surface area contributed by atoms with Crippen LogP contribution in [0.4, 0.5) is 0 Å². The average Bonchev–Trinajstić information content (AvgIpc) is 2.52. The van der Waals surface area contributed by atoms with Crippen molar-refractivity contribution in [2.45, 2.75) is 6.04 Å². The summed E-state index contributed by atoms with van der Waals surface area (Å²) in [5, 5.41) is 8.92. The van der Waals surface area contributed by atoms with Crippen molar-refractivity contribution < 1.29 is 14.3 Å². The Kier molecular flexibility index (Phi) is 5.98. The molecule has 1 aromatic rings. The number of carbonyl (C=O) groups excluding carboxylic acids is 2. The molecule has 1 aliphatic rings. The number of rotatable bonds is 5. The molecule has 1 atom stereocenters. The second-order valence-corrected chi connectivity index (χ2v) is 5.02. The molecule has 0 aromatic heterocycles. The van der Waals surface area contributed by atoms with Gasteiger partial charge in [-0.25, -0.2) is 0 Å². The summed E-state index contributed by atoms with van der Waals surface area (Å²) in [4.78, 5) is 23.7. The SMILES string of the molecule is O=C(NCCNC(=O)C1COCCN1)c1ccccc1Cl. The molecule has 1 unspecified atom stereocenters. The maximum Gasteiger partial charge on any atom is 0.252 e. The Bertz CT molecular complexity index is 504. The van der Waals surface area contributed by atoms with E-state index in [0.29, 0.717) is 43.4 Å². The molecule has 21 heavy (non-hydrogen) atoms. The molecule has 114 valence electrons. The Morgan fingerprint density at radius 2 is 2.05 bits per heavy atom. The van der Waals surface area contributed by atoms with Gasteiger partial charge in [-0.2, -0.15) is 0 Å². The van der Waals surface area contributed by atoms with E-state index in [-0.39, 0.29) is 17.9 Å². The molecule has 1 heterocycles. The van der Waals surface area contributed by atoms with Crippen molar-refractivity contribution in [1.29, 1.82) is 0 Å². The first-order valence-electron chi connectivity index (χ1n) is 6.80. The highest BCUT2D eigenvalue weighted by atomic mass is 35.5. The molecule has 1 saturated heterocycles. The van der Waals surface area contributed by atoms with Crippen molar-refractivity contribution in [3.05, 3.63) is 34.9 Å². The summed E-state index contributed by atoms with van der Waals surface area (Å²) in [6, 6.07) is 6.50. The first-order valence-corrected chi connectivity index (χ1v) is 7.18. The number of hydrogen-bond acceptors (Lipinski definition) is 4. The molecule has 1 aliphatic heterocycles. The van der Waals surface area contributed by atoms with Gasteiger partial charge in [0.05, 0.1) is 23.8 Å². The van der Waals surface area contributed by atoms with Crippen LogP contribution in [-0.4, -0.2) is 50.7 Å². The standard InChI is InChI=1S/C14H18ClN3O3/c15-11-4-2-1-3-10(11)13(19)17-5-6-18-14(20)12-9-21-8-7-16-12/h1-4,12,16H,5-9H2,(H,17,19)(H,18,20). The number of nitrogens with one attached hydrogen (secondary N) is 3. The Morgan fingerprint density at radius 1 is 1.29 bits per heavy atom. The second-order valence-electron chi connectivity index (χ2n) is 4.61. The van der Waals surface area contributed by atoms with Gasteiger partial charge in [0.2, 0.25) is 5.91 Å². The number of amides is 2. The highest BCUT2D eigenvalue weighted by molar-refractivity contribution is 6.33. The van der Waals surface area contributed by atoms with Gasteiger partial charge in [-0.15, -0.1) is 0 Å². The van der Waals surface area contributed by atoms with Crippen LogP contribution in [0.25, 0.3) is 0 Å². The van der Waals surface area contributed by atoms with Crippen LogP contribution in [0.2, 0.25) is 5.02 Å². The summed E-state index contributed by atoms with van der Waals surface area (Å²) in [5.41, 5.74) is 0.424. The third-order valence-corrected chi connectivity index (χ3v) is 3.40. The Labute approximate surface area is 128 Å². The van der Waals surface area contributed by atoms with E-state index >= 15 is 0 Å². The summed E-state index contributed by atoms with van der Waals surface area (Å²) in [7, 11) is 0. The summed E-state index contributed by atoms with van der Waals surface area (Å²) in [5.74, 6) is -0.379. The van der Waals surface area contributed by atoms with Gasteiger partial charge in [0.1, 0.15) is 6.04 Å². The molecular weight excluding hydrogens is 294 g/mol. The summed E-state index contributed by atoms with van der Waals surface area (Å²) in [6.45, 7) is 2.35. The van der Waals surface area contributed by atoms with Crippen LogP contribution in [0.5, 0.6) is 0 Å². The maximum atomic E-state index is 11.9. The highest BCUT2D eigenvalue weighted by Gasteiger charge is 2.20. The third-order valence-electron chi connectivity index (χ3n) is 3.07. The normalized spacial score (nSPS) is 18.0. The fourth-order valence-electron chi connectivity index (χ4n) is 1.96. The first kappa shape index (κ1) is 15.8. The van der Waals surface area contributed by atoms with Crippen molar-refractivity contribution in [1.82, 2.24) is 16.0 Å². The van der Waals surface area contributed by atoms with E-state index in [1.807, 2.05) is 0 Å². The summed E-state index contributed by atoms with van der Waals surface area (Å²) < 4.78 is 5.21. The predicted octanol–water partition coefficient (Wildman–Crippen LogP) is 0.174.